The van der Waals surface area contributed by atoms with Gasteiger partial charge in [0.2, 0.25) is 5.78 Å². The summed E-state index contributed by atoms with van der Waals surface area (Å²) in [7, 11) is 0. The Morgan fingerprint density at radius 1 is 1.39 bits per heavy atom. The monoisotopic (exact) mass is 260 g/mol. The maximum atomic E-state index is 12.5. The van der Waals surface area contributed by atoms with Crippen molar-refractivity contribution in [2.75, 3.05) is 5.75 Å². The molecule has 3 heteroatoms. The van der Waals surface area contributed by atoms with Crippen molar-refractivity contribution in [2.24, 2.45) is 0 Å². The number of Topliss-reactive ketones (excluding diaryl/α,β-unsaturated/α-hetero) is 1. The van der Waals surface area contributed by atoms with Crippen LogP contribution in [0.4, 0.5) is 0 Å². The van der Waals surface area contributed by atoms with Crippen molar-refractivity contribution in [3.8, 4) is 0 Å². The molecule has 0 saturated carbocycles. The number of carbonyl (C=O) groups excluding carboxylic acids is 1. The van der Waals surface area contributed by atoms with Crippen LogP contribution in [0.3, 0.4) is 0 Å². The van der Waals surface area contributed by atoms with Crippen LogP contribution in [0.2, 0.25) is 0 Å². The lowest BCUT2D eigenvalue weighted by Gasteiger charge is -2.18. The molecule has 0 N–H and O–H groups in total. The summed E-state index contributed by atoms with van der Waals surface area (Å²) in [6.07, 6.45) is 2.07. The van der Waals surface area contributed by atoms with Gasteiger partial charge in [0.25, 0.3) is 0 Å². The first-order chi connectivity index (χ1) is 8.58. The zero-order valence-electron chi connectivity index (χ0n) is 10.7. The van der Waals surface area contributed by atoms with Gasteiger partial charge in [-0.3, -0.25) is 4.79 Å². The molecule has 1 unspecified atom stereocenters. The van der Waals surface area contributed by atoms with Crippen molar-refractivity contribution in [3.05, 3.63) is 35.6 Å². The number of carbonyl (C=O) groups is 1. The third-order valence-electron chi connectivity index (χ3n) is 3.59. The molecule has 94 valence electrons. The standard InChI is InChI=1S/C15H16O2S/c1-10-4-5-12-11(8-10)9-13(17-12)14(16)15(2)6-3-7-18-15/h4-5,8-9H,3,6-7H2,1-2H3. The van der Waals surface area contributed by atoms with Gasteiger partial charge in [0, 0.05) is 5.39 Å². The molecule has 1 aromatic carbocycles. The van der Waals surface area contributed by atoms with Gasteiger partial charge in [0.1, 0.15) is 5.58 Å². The van der Waals surface area contributed by atoms with E-state index in [1.807, 2.05) is 32.0 Å². The van der Waals surface area contributed by atoms with E-state index in [2.05, 4.69) is 6.07 Å². The first-order valence-electron chi connectivity index (χ1n) is 6.27. The Kier molecular flexibility index (Phi) is 2.74. The molecule has 1 saturated heterocycles. The molecule has 1 aliphatic heterocycles. The minimum atomic E-state index is -0.289. The zero-order valence-corrected chi connectivity index (χ0v) is 11.5. The second-order valence-corrected chi connectivity index (χ2v) is 6.76. The third-order valence-corrected chi connectivity index (χ3v) is 5.11. The van der Waals surface area contributed by atoms with Gasteiger partial charge >= 0.3 is 0 Å². The Balaban J connectivity index is 2.01. The van der Waals surface area contributed by atoms with Gasteiger partial charge in [-0.2, -0.15) is 0 Å². The van der Waals surface area contributed by atoms with E-state index in [-0.39, 0.29) is 10.5 Å². The van der Waals surface area contributed by atoms with E-state index >= 15 is 0 Å². The van der Waals surface area contributed by atoms with Gasteiger partial charge in [0.05, 0.1) is 4.75 Å². The smallest absolute Gasteiger partial charge is 0.213 e. The van der Waals surface area contributed by atoms with Crippen molar-refractivity contribution in [1.82, 2.24) is 0 Å². The largest absolute Gasteiger partial charge is 0.453 e. The molecule has 18 heavy (non-hydrogen) atoms. The summed E-state index contributed by atoms with van der Waals surface area (Å²) in [4.78, 5) is 12.5. The number of hydrogen-bond donors (Lipinski definition) is 0. The molecule has 0 spiro atoms. The molecule has 2 heterocycles. The fraction of sp³-hybridized carbons (Fsp3) is 0.400. The molecule has 0 radical (unpaired) electrons. The maximum absolute atomic E-state index is 12.5. The molecule has 1 aromatic heterocycles. The van der Waals surface area contributed by atoms with E-state index in [4.69, 9.17) is 4.42 Å². The quantitative estimate of drug-likeness (QED) is 0.758. The van der Waals surface area contributed by atoms with E-state index in [1.54, 1.807) is 11.8 Å². The Hall–Kier alpha value is -1.22. The number of thioether (sulfide) groups is 1. The molecule has 1 atom stereocenters. The van der Waals surface area contributed by atoms with Crippen molar-refractivity contribution in [2.45, 2.75) is 31.4 Å². The van der Waals surface area contributed by atoms with Gasteiger partial charge in [-0.05, 0) is 50.6 Å². The van der Waals surface area contributed by atoms with Crippen LogP contribution in [0.1, 0.15) is 35.9 Å². The second kappa shape index (κ2) is 4.16. The fourth-order valence-electron chi connectivity index (χ4n) is 2.49. The lowest BCUT2D eigenvalue weighted by molar-refractivity contribution is 0.0923. The highest BCUT2D eigenvalue weighted by Gasteiger charge is 2.39. The summed E-state index contributed by atoms with van der Waals surface area (Å²) >= 11 is 1.75. The molecule has 0 aliphatic carbocycles. The van der Waals surface area contributed by atoms with Crippen molar-refractivity contribution < 1.29 is 9.21 Å². The Morgan fingerprint density at radius 2 is 2.22 bits per heavy atom. The summed E-state index contributed by atoms with van der Waals surface area (Å²) in [5.74, 6) is 1.72. The molecular weight excluding hydrogens is 244 g/mol. The van der Waals surface area contributed by atoms with E-state index < -0.39 is 0 Å². The number of rotatable bonds is 2. The van der Waals surface area contributed by atoms with Crippen LogP contribution in [0.25, 0.3) is 11.0 Å². The van der Waals surface area contributed by atoms with Crippen LogP contribution < -0.4 is 0 Å². The van der Waals surface area contributed by atoms with E-state index in [1.165, 1.54) is 5.56 Å². The molecule has 2 nitrogen and oxygen atoms in total. The molecule has 2 aromatic rings. The average Bonchev–Trinajstić information content (AvgIpc) is 2.94. The SMILES string of the molecule is Cc1ccc2oc(C(=O)C3(C)CCCS3)cc2c1. The Morgan fingerprint density at radius 3 is 2.94 bits per heavy atom. The first-order valence-corrected chi connectivity index (χ1v) is 7.26. The Bertz CT molecular complexity index is 606. The normalized spacial score (nSPS) is 23.7. The molecule has 0 amide bonds. The van der Waals surface area contributed by atoms with Crippen LogP contribution in [-0.2, 0) is 0 Å². The van der Waals surface area contributed by atoms with Crippen LogP contribution in [0.5, 0.6) is 0 Å². The predicted octanol–water partition coefficient (Wildman–Crippen LogP) is 4.21. The first kappa shape index (κ1) is 11.8. The van der Waals surface area contributed by atoms with E-state index in [9.17, 15) is 4.79 Å². The summed E-state index contributed by atoms with van der Waals surface area (Å²) < 4.78 is 5.41. The fourth-order valence-corrected chi connectivity index (χ4v) is 3.75. The molecule has 1 fully saturated rings. The number of benzene rings is 1. The minimum absolute atomic E-state index is 0.138. The summed E-state index contributed by atoms with van der Waals surface area (Å²) in [5, 5.41) is 1.02. The lowest BCUT2D eigenvalue weighted by Crippen LogP contribution is -2.28. The zero-order chi connectivity index (χ0) is 12.8. The third kappa shape index (κ3) is 1.87. The molecule has 0 bridgehead atoms. The van der Waals surface area contributed by atoms with Crippen molar-refractivity contribution in [1.29, 1.82) is 0 Å². The van der Waals surface area contributed by atoms with Crippen molar-refractivity contribution >= 4 is 28.5 Å². The van der Waals surface area contributed by atoms with Crippen LogP contribution in [-0.4, -0.2) is 16.3 Å². The number of ketones is 1. The van der Waals surface area contributed by atoms with E-state index in [0.717, 1.165) is 29.6 Å². The predicted molar refractivity (Wildman–Crippen MR) is 75.4 cm³/mol. The van der Waals surface area contributed by atoms with E-state index in [0.29, 0.717) is 5.76 Å². The molecule has 1 aliphatic rings. The van der Waals surface area contributed by atoms with Gasteiger partial charge in [0.15, 0.2) is 5.76 Å². The minimum Gasteiger partial charge on any atom is -0.453 e. The van der Waals surface area contributed by atoms with Gasteiger partial charge in [-0.15, -0.1) is 11.8 Å². The maximum Gasteiger partial charge on any atom is 0.213 e. The Labute approximate surface area is 111 Å². The highest BCUT2D eigenvalue weighted by molar-refractivity contribution is 8.01. The van der Waals surface area contributed by atoms with Gasteiger partial charge in [-0.25, -0.2) is 0 Å². The van der Waals surface area contributed by atoms with Crippen LogP contribution >= 0.6 is 11.8 Å². The lowest BCUT2D eigenvalue weighted by atomic mass is 9.98. The summed E-state index contributed by atoms with van der Waals surface area (Å²) in [6, 6.07) is 7.88. The average molecular weight is 260 g/mol. The molecular formula is C15H16O2S. The van der Waals surface area contributed by atoms with Crippen LogP contribution in [0, 0.1) is 6.92 Å². The number of aryl methyl sites for hydroxylation is 1. The number of hydrogen-bond acceptors (Lipinski definition) is 3. The summed E-state index contributed by atoms with van der Waals surface area (Å²) in [5.41, 5.74) is 1.99. The highest BCUT2D eigenvalue weighted by atomic mass is 32.2. The van der Waals surface area contributed by atoms with Crippen LogP contribution in [0.15, 0.2) is 28.7 Å². The number of furan rings is 1. The van der Waals surface area contributed by atoms with Gasteiger partial charge in [-0.1, -0.05) is 11.6 Å². The van der Waals surface area contributed by atoms with Crippen molar-refractivity contribution in [3.63, 3.8) is 0 Å². The topological polar surface area (TPSA) is 30.2 Å². The second-order valence-electron chi connectivity index (χ2n) is 5.16. The number of fused-ring (bicyclic) bond motifs is 1. The summed E-state index contributed by atoms with van der Waals surface area (Å²) in [6.45, 7) is 4.08. The van der Waals surface area contributed by atoms with Gasteiger partial charge < -0.3 is 4.42 Å². The highest BCUT2D eigenvalue weighted by Crippen LogP contribution is 2.40. The molecule has 3 rings (SSSR count).